The Labute approximate surface area is 157 Å². The quantitative estimate of drug-likeness (QED) is 0.311. The van der Waals surface area contributed by atoms with Crippen molar-refractivity contribution in [2.24, 2.45) is 0 Å². The van der Waals surface area contributed by atoms with Gasteiger partial charge in [-0.1, -0.05) is 81.4 Å². The molecule has 3 rings (SSSR count). The Kier molecular flexibility index (Phi) is 5.75. The van der Waals surface area contributed by atoms with E-state index >= 15 is 0 Å². The summed E-state index contributed by atoms with van der Waals surface area (Å²) < 4.78 is 12.1. The third kappa shape index (κ3) is 3.82. The van der Waals surface area contributed by atoms with Gasteiger partial charge in [0.25, 0.3) is 8.32 Å². The summed E-state index contributed by atoms with van der Waals surface area (Å²) in [5.74, 6) is 0. The first-order valence-electron chi connectivity index (χ1n) is 9.35. The molecule has 0 bridgehead atoms. The van der Waals surface area contributed by atoms with Gasteiger partial charge < -0.3 is 14.0 Å². The molecule has 138 valence electrons. The number of ether oxygens (including phenoxy) is 1. The van der Waals surface area contributed by atoms with E-state index in [1.54, 1.807) is 0 Å². The number of benzene rings is 2. The molecular weight excluding hydrogens is 340 g/mol. The van der Waals surface area contributed by atoms with Crippen molar-refractivity contribution >= 4 is 25.0 Å². The molecule has 4 heteroatoms. The Morgan fingerprint density at radius 3 is 1.96 bits per heavy atom. The molecule has 1 fully saturated rings. The minimum Gasteiger partial charge on any atom is -0.407 e. The van der Waals surface area contributed by atoms with Crippen LogP contribution in [0.5, 0.6) is 0 Å². The van der Waals surface area contributed by atoms with Gasteiger partial charge >= 0.3 is 0 Å². The molecule has 0 radical (unpaired) electrons. The molecule has 3 nitrogen and oxygen atoms in total. The van der Waals surface area contributed by atoms with Gasteiger partial charge in [0.05, 0.1) is 6.10 Å². The summed E-state index contributed by atoms with van der Waals surface area (Å²) in [6.07, 6.45) is 2.58. The first-order chi connectivity index (χ1) is 12.5. The van der Waals surface area contributed by atoms with Crippen LogP contribution in [-0.4, -0.2) is 33.4 Å². The van der Waals surface area contributed by atoms with E-state index in [1.807, 2.05) is 0 Å². The zero-order valence-corrected chi connectivity index (χ0v) is 16.9. The zero-order chi connectivity index (χ0) is 18.6. The van der Waals surface area contributed by atoms with Gasteiger partial charge in [-0.2, -0.15) is 0 Å². The smallest absolute Gasteiger partial charge is 0.261 e. The summed E-state index contributed by atoms with van der Waals surface area (Å²) in [6.45, 7) is 7.53. The second-order valence-corrected chi connectivity index (χ2v) is 12.2. The lowest BCUT2D eigenvalue weighted by molar-refractivity contribution is -0.108. The molecule has 0 N–H and O–H groups in total. The van der Waals surface area contributed by atoms with Crippen molar-refractivity contribution in [1.29, 1.82) is 0 Å². The monoisotopic (exact) mass is 368 g/mol. The highest BCUT2D eigenvalue weighted by molar-refractivity contribution is 6.99. The predicted molar refractivity (Wildman–Crippen MR) is 108 cm³/mol. The molecule has 1 heterocycles. The molecule has 2 aromatic carbocycles. The highest BCUT2D eigenvalue weighted by Gasteiger charge is 2.50. The van der Waals surface area contributed by atoms with Gasteiger partial charge in [-0.25, -0.2) is 0 Å². The second-order valence-electron chi connectivity index (χ2n) is 7.93. The first-order valence-corrected chi connectivity index (χ1v) is 11.3. The van der Waals surface area contributed by atoms with Crippen LogP contribution in [0.4, 0.5) is 0 Å². The maximum Gasteiger partial charge on any atom is 0.261 e. The lowest BCUT2D eigenvalue weighted by Gasteiger charge is -2.43. The van der Waals surface area contributed by atoms with E-state index in [9.17, 15) is 4.79 Å². The van der Waals surface area contributed by atoms with Gasteiger partial charge in [-0.05, 0) is 28.3 Å². The fraction of sp³-hybridized carbons (Fsp3) is 0.409. The number of epoxide rings is 1. The Balaban J connectivity index is 1.86. The highest BCUT2D eigenvalue weighted by Crippen LogP contribution is 2.37. The van der Waals surface area contributed by atoms with Gasteiger partial charge in [0, 0.05) is 6.61 Å². The van der Waals surface area contributed by atoms with E-state index in [4.69, 9.17) is 9.16 Å². The van der Waals surface area contributed by atoms with Gasteiger partial charge in [0.2, 0.25) is 0 Å². The van der Waals surface area contributed by atoms with Crippen LogP contribution in [0.3, 0.4) is 0 Å². The number of hydrogen-bond acceptors (Lipinski definition) is 3. The third-order valence-corrected chi connectivity index (χ3v) is 10.2. The average molecular weight is 369 g/mol. The number of rotatable bonds is 8. The van der Waals surface area contributed by atoms with Gasteiger partial charge in [-0.15, -0.1) is 0 Å². The van der Waals surface area contributed by atoms with Gasteiger partial charge in [-0.3, -0.25) is 0 Å². The Morgan fingerprint density at radius 1 is 1.00 bits per heavy atom. The van der Waals surface area contributed by atoms with E-state index in [1.165, 1.54) is 10.4 Å². The Hall–Kier alpha value is -1.75. The standard InChI is InChI=1S/C22H28O3Si/c1-22(2,3)26(18-11-6-4-7-12-18,19-13-8-5-9-14-19)24-16-10-15-20-21(17-23)25-20/h4-9,11-14,17,20-21H,10,15-16H2,1-3H3/t20-,21+/m0/s1. The maximum absolute atomic E-state index is 10.7. The molecule has 1 saturated heterocycles. The van der Waals surface area contributed by atoms with Crippen molar-refractivity contribution in [1.82, 2.24) is 0 Å². The van der Waals surface area contributed by atoms with Crippen molar-refractivity contribution in [2.45, 2.75) is 50.9 Å². The maximum atomic E-state index is 10.7. The van der Waals surface area contributed by atoms with Crippen LogP contribution < -0.4 is 10.4 Å². The van der Waals surface area contributed by atoms with Crippen molar-refractivity contribution < 1.29 is 14.0 Å². The predicted octanol–water partition coefficient (Wildman–Crippen LogP) is 3.31. The van der Waals surface area contributed by atoms with Crippen LogP contribution in [0.25, 0.3) is 0 Å². The highest BCUT2D eigenvalue weighted by atomic mass is 28.4. The van der Waals surface area contributed by atoms with Crippen molar-refractivity contribution in [2.75, 3.05) is 6.61 Å². The van der Waals surface area contributed by atoms with E-state index in [2.05, 4.69) is 81.4 Å². The zero-order valence-electron chi connectivity index (χ0n) is 15.9. The molecule has 0 aromatic heterocycles. The molecule has 0 spiro atoms. The largest absolute Gasteiger partial charge is 0.407 e. The number of hydrogen-bond donors (Lipinski definition) is 0. The lowest BCUT2D eigenvalue weighted by Crippen LogP contribution is -2.66. The molecular formula is C22H28O3Si. The topological polar surface area (TPSA) is 38.8 Å². The molecule has 1 aliphatic heterocycles. The lowest BCUT2D eigenvalue weighted by atomic mass is 10.2. The number of aldehydes is 1. The Morgan fingerprint density at radius 2 is 1.54 bits per heavy atom. The van der Waals surface area contributed by atoms with E-state index in [-0.39, 0.29) is 17.2 Å². The Bertz CT molecular complexity index is 670. The van der Waals surface area contributed by atoms with Crippen LogP contribution >= 0.6 is 0 Å². The molecule has 0 unspecified atom stereocenters. The molecule has 26 heavy (non-hydrogen) atoms. The van der Waals surface area contributed by atoms with Crippen LogP contribution in [0.2, 0.25) is 5.04 Å². The minimum atomic E-state index is -2.44. The summed E-state index contributed by atoms with van der Waals surface area (Å²) in [5.41, 5.74) is 0. The minimum absolute atomic E-state index is 0.00286. The summed E-state index contributed by atoms with van der Waals surface area (Å²) in [4.78, 5) is 10.7. The van der Waals surface area contributed by atoms with Gasteiger partial charge in [0.15, 0.2) is 6.29 Å². The fourth-order valence-electron chi connectivity index (χ4n) is 3.78. The summed E-state index contributed by atoms with van der Waals surface area (Å²) in [5, 5.41) is 2.59. The van der Waals surface area contributed by atoms with E-state index in [0.29, 0.717) is 6.61 Å². The normalized spacial score (nSPS) is 20.0. The molecule has 2 aromatic rings. The fourth-order valence-corrected chi connectivity index (χ4v) is 8.39. The van der Waals surface area contributed by atoms with Crippen molar-refractivity contribution in [3.63, 3.8) is 0 Å². The van der Waals surface area contributed by atoms with Crippen LogP contribution in [0.15, 0.2) is 60.7 Å². The summed E-state index contributed by atoms with van der Waals surface area (Å²) in [7, 11) is -2.44. The SMILES string of the molecule is CC(C)(C)[Si](OCCC[C@@H]1O[C@@H]1C=O)(c1ccccc1)c1ccccc1. The third-order valence-electron chi connectivity index (χ3n) is 5.12. The average Bonchev–Trinajstić information content (AvgIpc) is 3.41. The van der Waals surface area contributed by atoms with Crippen molar-refractivity contribution in [3.8, 4) is 0 Å². The summed E-state index contributed by atoms with van der Waals surface area (Å²) in [6, 6.07) is 21.3. The van der Waals surface area contributed by atoms with E-state index in [0.717, 1.165) is 19.1 Å². The molecule has 1 aliphatic rings. The van der Waals surface area contributed by atoms with Gasteiger partial charge in [0.1, 0.15) is 6.10 Å². The number of carbonyl (C=O) groups excluding carboxylic acids is 1. The second kappa shape index (κ2) is 7.87. The summed E-state index contributed by atoms with van der Waals surface area (Å²) >= 11 is 0. The first kappa shape index (κ1) is 19.0. The van der Waals surface area contributed by atoms with Crippen LogP contribution in [0.1, 0.15) is 33.6 Å². The molecule has 0 aliphatic carbocycles. The van der Waals surface area contributed by atoms with Crippen molar-refractivity contribution in [3.05, 3.63) is 60.7 Å². The van der Waals surface area contributed by atoms with Crippen LogP contribution in [-0.2, 0) is 14.0 Å². The molecule has 0 amide bonds. The van der Waals surface area contributed by atoms with E-state index < -0.39 is 8.32 Å². The molecule has 0 saturated carbocycles. The molecule has 2 atom stereocenters. The number of carbonyl (C=O) groups is 1. The van der Waals surface area contributed by atoms with Crippen LogP contribution in [0, 0.1) is 0 Å².